The van der Waals surface area contributed by atoms with Crippen LogP contribution in [0.5, 0.6) is 0 Å². The molecule has 1 heterocycles. The molecule has 0 saturated carbocycles. The Morgan fingerprint density at radius 3 is 2.69 bits per heavy atom. The van der Waals surface area contributed by atoms with Gasteiger partial charge in [-0.15, -0.1) is 0 Å². The van der Waals surface area contributed by atoms with E-state index in [9.17, 15) is 0 Å². The molecule has 1 aromatic rings. The predicted octanol–water partition coefficient (Wildman–Crippen LogP) is 2.72. The number of benzene rings is 1. The fourth-order valence-corrected chi connectivity index (χ4v) is 1.77. The van der Waals surface area contributed by atoms with Crippen LogP contribution < -0.4 is 5.32 Å². The molecule has 2 nitrogen and oxygen atoms in total. The van der Waals surface area contributed by atoms with Crippen molar-refractivity contribution in [2.45, 2.75) is 0 Å². The summed E-state index contributed by atoms with van der Waals surface area (Å²) in [6, 6.07) is 10.0. The molecule has 1 aromatic carbocycles. The van der Waals surface area contributed by atoms with Crippen molar-refractivity contribution in [1.82, 2.24) is 0 Å². The molecule has 3 heteroatoms. The van der Waals surface area contributed by atoms with Crippen molar-refractivity contribution < 1.29 is 0 Å². The third kappa shape index (κ3) is 2.12. The van der Waals surface area contributed by atoms with Gasteiger partial charge in [0.2, 0.25) is 0 Å². The summed E-state index contributed by atoms with van der Waals surface area (Å²) < 4.78 is 0. The van der Waals surface area contributed by atoms with Crippen molar-refractivity contribution in [2.75, 3.05) is 11.9 Å². The zero-order valence-electron chi connectivity index (χ0n) is 7.16. The molecule has 0 amide bonds. The minimum absolute atomic E-state index is 0.736. The molecule has 0 fully saturated rings. The van der Waals surface area contributed by atoms with E-state index in [0.717, 1.165) is 22.3 Å². The van der Waals surface area contributed by atoms with E-state index >= 15 is 0 Å². The number of anilines is 1. The Morgan fingerprint density at radius 1 is 1.31 bits per heavy atom. The van der Waals surface area contributed by atoms with Crippen LogP contribution in [0.3, 0.4) is 0 Å². The first-order valence-corrected chi connectivity index (χ1v) is 4.88. The van der Waals surface area contributed by atoms with Crippen molar-refractivity contribution in [3.63, 3.8) is 0 Å². The highest BCUT2D eigenvalue weighted by Gasteiger charge is 2.09. The van der Waals surface area contributed by atoms with Gasteiger partial charge in [-0.1, -0.05) is 36.5 Å². The molecule has 0 unspecified atom stereocenters. The Hall–Kier alpha value is -1.22. The zero-order valence-corrected chi connectivity index (χ0v) is 7.97. The van der Waals surface area contributed by atoms with Crippen molar-refractivity contribution >= 4 is 22.6 Å². The van der Waals surface area contributed by atoms with E-state index in [2.05, 4.69) is 16.9 Å². The Morgan fingerprint density at radius 2 is 2.08 bits per heavy atom. The Kier molecular flexibility index (Phi) is 2.36. The van der Waals surface area contributed by atoms with E-state index in [0.29, 0.717) is 0 Å². The van der Waals surface area contributed by atoms with Gasteiger partial charge < -0.3 is 5.32 Å². The summed E-state index contributed by atoms with van der Waals surface area (Å²) in [4.78, 5) is 5.38. The third-order valence-electron chi connectivity index (χ3n) is 1.67. The van der Waals surface area contributed by atoms with Crippen LogP contribution in [-0.2, 0) is 0 Å². The Balaban J connectivity index is 2.04. The van der Waals surface area contributed by atoms with Gasteiger partial charge in [0.25, 0.3) is 0 Å². The first kappa shape index (κ1) is 8.38. The standard InChI is InChI=1S/C10H10N2S/c1-8-7-11-10(13-8)12-9-5-3-2-4-6-9/h2-6H,1,7H2,(H,11,12). The maximum atomic E-state index is 4.28. The summed E-state index contributed by atoms with van der Waals surface area (Å²) in [7, 11) is 0. The van der Waals surface area contributed by atoms with Gasteiger partial charge in [0.1, 0.15) is 0 Å². The minimum atomic E-state index is 0.736. The van der Waals surface area contributed by atoms with Gasteiger partial charge in [0, 0.05) is 10.6 Å². The van der Waals surface area contributed by atoms with E-state index in [-0.39, 0.29) is 0 Å². The molecular formula is C10H10N2S. The molecule has 0 saturated heterocycles. The molecule has 1 aliphatic heterocycles. The summed E-state index contributed by atoms with van der Waals surface area (Å²) in [5.41, 5.74) is 1.07. The number of nitrogens with zero attached hydrogens (tertiary/aromatic N) is 1. The molecule has 1 aliphatic rings. The predicted molar refractivity (Wildman–Crippen MR) is 59.1 cm³/mol. The van der Waals surface area contributed by atoms with Gasteiger partial charge in [-0.2, -0.15) is 0 Å². The first-order chi connectivity index (χ1) is 6.34. The molecule has 0 atom stereocenters. The van der Waals surface area contributed by atoms with Crippen LogP contribution in [-0.4, -0.2) is 11.7 Å². The van der Waals surface area contributed by atoms with Crippen LogP contribution in [0, 0.1) is 0 Å². The van der Waals surface area contributed by atoms with Crippen molar-refractivity contribution in [3.8, 4) is 0 Å². The van der Waals surface area contributed by atoms with Crippen LogP contribution >= 0.6 is 11.8 Å². The second-order valence-electron chi connectivity index (χ2n) is 2.75. The van der Waals surface area contributed by atoms with Gasteiger partial charge in [-0.3, -0.25) is 4.99 Å². The molecule has 66 valence electrons. The van der Waals surface area contributed by atoms with Crippen LogP contribution in [0.15, 0.2) is 46.8 Å². The first-order valence-electron chi connectivity index (χ1n) is 4.07. The normalized spacial score (nSPS) is 15.7. The smallest absolute Gasteiger partial charge is 0.166 e. The molecular weight excluding hydrogens is 180 g/mol. The van der Waals surface area contributed by atoms with Gasteiger partial charge in [0.15, 0.2) is 5.17 Å². The molecule has 0 aliphatic carbocycles. The molecule has 2 rings (SSSR count). The SMILES string of the molecule is C=C1CN=C(Nc2ccccc2)S1. The fourth-order valence-electron chi connectivity index (χ4n) is 1.07. The Bertz CT molecular complexity index is 343. The summed E-state index contributed by atoms with van der Waals surface area (Å²) in [6.07, 6.45) is 0. The average Bonchev–Trinajstić information content (AvgIpc) is 2.53. The summed E-state index contributed by atoms with van der Waals surface area (Å²) in [5.74, 6) is 0. The number of hydrogen-bond acceptors (Lipinski definition) is 3. The van der Waals surface area contributed by atoms with Gasteiger partial charge in [-0.05, 0) is 12.1 Å². The largest absolute Gasteiger partial charge is 0.335 e. The highest BCUT2D eigenvalue weighted by molar-refractivity contribution is 8.17. The van der Waals surface area contributed by atoms with Crippen LogP contribution in [0.25, 0.3) is 0 Å². The maximum absolute atomic E-state index is 4.28. The van der Waals surface area contributed by atoms with E-state index in [1.165, 1.54) is 0 Å². The van der Waals surface area contributed by atoms with Crippen LogP contribution in [0.1, 0.15) is 0 Å². The van der Waals surface area contributed by atoms with Gasteiger partial charge in [-0.25, -0.2) is 0 Å². The number of nitrogens with one attached hydrogen (secondary N) is 1. The monoisotopic (exact) mass is 190 g/mol. The molecule has 1 N–H and O–H groups in total. The topological polar surface area (TPSA) is 24.4 Å². The van der Waals surface area contributed by atoms with E-state index in [4.69, 9.17) is 0 Å². The number of para-hydroxylation sites is 1. The molecule has 13 heavy (non-hydrogen) atoms. The third-order valence-corrected chi connectivity index (χ3v) is 2.51. The van der Waals surface area contributed by atoms with Crippen molar-refractivity contribution in [2.24, 2.45) is 4.99 Å². The van der Waals surface area contributed by atoms with Crippen molar-refractivity contribution in [3.05, 3.63) is 41.8 Å². The second kappa shape index (κ2) is 3.66. The number of rotatable bonds is 1. The lowest BCUT2D eigenvalue weighted by Crippen LogP contribution is -2.03. The van der Waals surface area contributed by atoms with Crippen LogP contribution in [0.2, 0.25) is 0 Å². The average molecular weight is 190 g/mol. The van der Waals surface area contributed by atoms with Gasteiger partial charge >= 0.3 is 0 Å². The van der Waals surface area contributed by atoms with Gasteiger partial charge in [0.05, 0.1) is 6.54 Å². The lowest BCUT2D eigenvalue weighted by Gasteiger charge is -2.03. The minimum Gasteiger partial charge on any atom is -0.335 e. The lowest BCUT2D eigenvalue weighted by atomic mass is 10.3. The Labute approximate surface area is 81.8 Å². The highest BCUT2D eigenvalue weighted by Crippen LogP contribution is 2.23. The van der Waals surface area contributed by atoms with E-state index < -0.39 is 0 Å². The van der Waals surface area contributed by atoms with Crippen LogP contribution in [0.4, 0.5) is 5.69 Å². The molecule has 0 spiro atoms. The zero-order chi connectivity index (χ0) is 9.10. The van der Waals surface area contributed by atoms with Crippen molar-refractivity contribution in [1.29, 1.82) is 0 Å². The lowest BCUT2D eigenvalue weighted by molar-refractivity contribution is 1.26. The summed E-state index contributed by atoms with van der Waals surface area (Å²) in [5, 5.41) is 4.16. The fraction of sp³-hybridized carbons (Fsp3) is 0.100. The maximum Gasteiger partial charge on any atom is 0.166 e. The number of hydrogen-bond donors (Lipinski definition) is 1. The molecule has 0 radical (unpaired) electrons. The number of amidine groups is 1. The molecule has 0 aromatic heterocycles. The highest BCUT2D eigenvalue weighted by atomic mass is 32.2. The summed E-state index contributed by atoms with van der Waals surface area (Å²) >= 11 is 1.60. The number of aliphatic imine (C=N–C) groups is 1. The van der Waals surface area contributed by atoms with E-state index in [1.807, 2.05) is 30.3 Å². The number of thioether (sulfide) groups is 1. The molecule has 0 bridgehead atoms. The quantitative estimate of drug-likeness (QED) is 0.736. The second-order valence-corrected chi connectivity index (χ2v) is 3.92. The van der Waals surface area contributed by atoms with E-state index in [1.54, 1.807) is 11.8 Å². The summed E-state index contributed by atoms with van der Waals surface area (Å²) in [6.45, 7) is 4.59.